The molecule has 0 aromatic rings. The fourth-order valence-electron chi connectivity index (χ4n) is 0.353. The summed E-state index contributed by atoms with van der Waals surface area (Å²) in [6.45, 7) is 0. The molecule has 8 heavy (non-hydrogen) atoms. The van der Waals surface area contributed by atoms with Crippen molar-refractivity contribution in [3.63, 3.8) is 0 Å². The first-order valence-corrected chi connectivity index (χ1v) is 2.51. The van der Waals surface area contributed by atoms with Crippen molar-refractivity contribution in [3.8, 4) is 12.3 Å². The summed E-state index contributed by atoms with van der Waals surface area (Å²) < 4.78 is 0. The molecule has 0 unspecified atom stereocenters. The Morgan fingerprint density at radius 3 is 3.00 bits per heavy atom. The van der Waals surface area contributed by atoms with Crippen LogP contribution in [0.3, 0.4) is 0 Å². The van der Waals surface area contributed by atoms with Crippen LogP contribution in [0.1, 0.15) is 19.3 Å². The van der Waals surface area contributed by atoms with E-state index in [1.807, 2.05) is 0 Å². The van der Waals surface area contributed by atoms with Gasteiger partial charge in [-0.25, -0.2) is 0 Å². The highest BCUT2D eigenvalue weighted by atomic mass is 14.8. The van der Waals surface area contributed by atoms with Crippen LogP contribution in [0, 0.1) is 12.3 Å². The highest BCUT2D eigenvalue weighted by molar-refractivity contribution is 5.49. The van der Waals surface area contributed by atoms with Gasteiger partial charge in [-0.3, -0.25) is 0 Å². The fourth-order valence-corrected chi connectivity index (χ4v) is 0.353. The Morgan fingerprint density at radius 1 is 1.75 bits per heavy atom. The van der Waals surface area contributed by atoms with Crippen molar-refractivity contribution >= 4 is 6.21 Å². The van der Waals surface area contributed by atoms with E-state index in [2.05, 4.69) is 10.7 Å². The van der Waals surface area contributed by atoms with Gasteiger partial charge in [-0.05, 0) is 6.42 Å². The molecule has 0 aromatic carbocycles. The van der Waals surface area contributed by atoms with Gasteiger partial charge in [0.1, 0.15) is 0 Å². The zero-order valence-electron chi connectivity index (χ0n) is 4.67. The molecule has 0 radical (unpaired) electrons. The third-order valence-corrected chi connectivity index (χ3v) is 0.736. The monoisotopic (exact) mass is 108 g/mol. The molecule has 0 aliphatic heterocycles. The molecule has 42 valence electrons. The van der Waals surface area contributed by atoms with Gasteiger partial charge in [0.25, 0.3) is 6.21 Å². The number of terminal acetylenes is 1. The average molecular weight is 108 g/mol. The van der Waals surface area contributed by atoms with E-state index in [0.29, 0.717) is 0 Å². The second-order valence-electron chi connectivity index (χ2n) is 1.39. The lowest BCUT2D eigenvalue weighted by molar-refractivity contribution is 0.000807. The van der Waals surface area contributed by atoms with E-state index < -0.39 is 0 Å². The second kappa shape index (κ2) is 5.94. The second-order valence-corrected chi connectivity index (χ2v) is 1.39. The molecule has 0 bridgehead atoms. The van der Waals surface area contributed by atoms with Gasteiger partial charge >= 0.3 is 0 Å². The molecule has 2 heteroatoms. The maximum atomic E-state index is 7.88. The molecule has 0 N–H and O–H groups in total. The molecule has 0 saturated carbocycles. The van der Waals surface area contributed by atoms with Crippen LogP contribution in [0.25, 0.3) is 5.53 Å². The summed E-state index contributed by atoms with van der Waals surface area (Å²) in [7, 11) is 0. The first-order chi connectivity index (χ1) is 3.91. The largest absolute Gasteiger partial charge is 0.362 e. The molecular formula is C6H8N2. The lowest BCUT2D eigenvalue weighted by Gasteiger charge is -1.77. The summed E-state index contributed by atoms with van der Waals surface area (Å²) in [6, 6.07) is 0. The normalized spacial score (nSPS) is 6.88. The zero-order chi connectivity index (χ0) is 6.24. The maximum absolute atomic E-state index is 7.88. The Balaban J connectivity index is 2.96. The molecule has 0 aliphatic carbocycles. The molecule has 0 saturated heterocycles. The predicted molar refractivity (Wildman–Crippen MR) is 32.4 cm³/mol. The standard InChI is InChI=1S/C6H8N2/c1-2-3-4-5-6-8-7/h1,6H,3-5H2. The van der Waals surface area contributed by atoms with E-state index in [-0.39, 0.29) is 0 Å². The number of rotatable bonds is 3. The predicted octanol–water partition coefficient (Wildman–Crippen LogP) is 1.09. The highest BCUT2D eigenvalue weighted by Gasteiger charge is 1.81. The quantitative estimate of drug-likeness (QED) is 0.171. The Kier molecular flexibility index (Phi) is 5.15. The van der Waals surface area contributed by atoms with Crippen LogP contribution in [0.5, 0.6) is 0 Å². The lowest BCUT2D eigenvalue weighted by Crippen LogP contribution is -1.74. The molecule has 0 atom stereocenters. The number of nitrogens with zero attached hydrogens (tertiary/aromatic N) is 2. The molecule has 0 rings (SSSR count). The van der Waals surface area contributed by atoms with Crippen LogP contribution in [0.15, 0.2) is 0 Å². The first kappa shape index (κ1) is 6.94. The molecule has 2 nitrogen and oxygen atoms in total. The smallest absolute Gasteiger partial charge is 0.257 e. The van der Waals surface area contributed by atoms with Crippen LogP contribution in [-0.2, 0) is 0 Å². The summed E-state index contributed by atoms with van der Waals surface area (Å²) in [4.78, 5) is 2.81. The summed E-state index contributed by atoms with van der Waals surface area (Å²) >= 11 is 0. The SMILES string of the molecule is C#CCCCC=[N+]=[N-]. The summed E-state index contributed by atoms with van der Waals surface area (Å²) in [5.41, 5.74) is 7.88. The zero-order valence-corrected chi connectivity index (χ0v) is 4.67. The van der Waals surface area contributed by atoms with Gasteiger partial charge in [0.15, 0.2) is 0 Å². The van der Waals surface area contributed by atoms with Crippen molar-refractivity contribution in [2.45, 2.75) is 19.3 Å². The van der Waals surface area contributed by atoms with Gasteiger partial charge in [-0.1, -0.05) is 0 Å². The van der Waals surface area contributed by atoms with E-state index in [1.54, 1.807) is 0 Å². The molecular weight excluding hydrogens is 100 g/mol. The maximum Gasteiger partial charge on any atom is 0.257 e. The molecule has 0 amide bonds. The van der Waals surface area contributed by atoms with Crippen LogP contribution in [-0.4, -0.2) is 11.0 Å². The molecule has 0 spiro atoms. The Morgan fingerprint density at radius 2 is 2.50 bits per heavy atom. The van der Waals surface area contributed by atoms with Crippen LogP contribution in [0.4, 0.5) is 0 Å². The van der Waals surface area contributed by atoms with E-state index in [4.69, 9.17) is 12.0 Å². The van der Waals surface area contributed by atoms with Gasteiger partial charge in [-0.15, -0.1) is 12.3 Å². The van der Waals surface area contributed by atoms with Gasteiger partial charge < -0.3 is 5.53 Å². The minimum atomic E-state index is 0.756. The third-order valence-electron chi connectivity index (χ3n) is 0.736. The molecule has 0 aliphatic rings. The van der Waals surface area contributed by atoms with Crippen molar-refractivity contribution in [2.24, 2.45) is 0 Å². The molecule has 0 fully saturated rings. The van der Waals surface area contributed by atoms with E-state index in [9.17, 15) is 0 Å². The summed E-state index contributed by atoms with van der Waals surface area (Å²) in [5, 5.41) is 0. The molecule has 0 aromatic heterocycles. The van der Waals surface area contributed by atoms with E-state index in [0.717, 1.165) is 19.3 Å². The van der Waals surface area contributed by atoms with Gasteiger partial charge in [-0.2, -0.15) is 4.79 Å². The Labute approximate surface area is 49.1 Å². The minimum Gasteiger partial charge on any atom is -0.362 e. The Hall–Kier alpha value is -1.06. The van der Waals surface area contributed by atoms with Crippen molar-refractivity contribution in [1.29, 1.82) is 0 Å². The Bertz CT molecular complexity index is 126. The fraction of sp³-hybridized carbons (Fsp3) is 0.500. The third kappa shape index (κ3) is 4.94. The van der Waals surface area contributed by atoms with Crippen molar-refractivity contribution in [2.75, 3.05) is 0 Å². The first-order valence-electron chi connectivity index (χ1n) is 2.51. The van der Waals surface area contributed by atoms with Crippen molar-refractivity contribution in [1.82, 2.24) is 0 Å². The van der Waals surface area contributed by atoms with Crippen LogP contribution in [0.2, 0.25) is 0 Å². The van der Waals surface area contributed by atoms with Crippen LogP contribution < -0.4 is 0 Å². The lowest BCUT2D eigenvalue weighted by atomic mass is 10.3. The molecule has 0 heterocycles. The van der Waals surface area contributed by atoms with Crippen molar-refractivity contribution in [3.05, 3.63) is 5.53 Å². The average Bonchev–Trinajstić information content (AvgIpc) is 1.81. The highest BCUT2D eigenvalue weighted by Crippen LogP contribution is 1.87. The number of hydrogen-bond acceptors (Lipinski definition) is 0. The van der Waals surface area contributed by atoms with Gasteiger partial charge in [0.2, 0.25) is 0 Å². The summed E-state index contributed by atoms with van der Waals surface area (Å²) in [5.74, 6) is 2.48. The van der Waals surface area contributed by atoms with Crippen LogP contribution >= 0.6 is 0 Å². The minimum absolute atomic E-state index is 0.756. The number of unbranched alkanes of at least 4 members (excludes halogenated alkanes) is 2. The van der Waals surface area contributed by atoms with E-state index >= 15 is 0 Å². The summed E-state index contributed by atoms with van der Waals surface area (Å²) in [6.07, 6.45) is 8.82. The number of hydrogen-bond donors (Lipinski definition) is 0. The van der Waals surface area contributed by atoms with E-state index in [1.165, 1.54) is 6.21 Å². The topological polar surface area (TPSA) is 36.4 Å². The van der Waals surface area contributed by atoms with Crippen molar-refractivity contribution < 1.29 is 4.79 Å². The van der Waals surface area contributed by atoms with Gasteiger partial charge in [0.05, 0.1) is 0 Å². The van der Waals surface area contributed by atoms with Gasteiger partial charge in [0, 0.05) is 12.8 Å².